The number of nitrogens with one attached hydrogen (secondary N) is 1. The molecule has 2 amide bonds. The SMILES string of the molecule is CNC(=O)[C@H](Cc1ccccc1)N(Cc1cccc(Br)c1)C(=O)COc1ccc(C)c(C)c1. The Labute approximate surface area is 203 Å². The van der Waals surface area contributed by atoms with Crippen LogP contribution < -0.4 is 10.1 Å². The standard InChI is InChI=1S/C27H29BrN2O3/c1-19-12-13-24(14-20(19)2)33-18-26(31)30(17-22-10-7-11-23(28)15-22)25(27(32)29-3)16-21-8-5-4-6-9-21/h4-15,25H,16-18H2,1-3H3,(H,29,32)/t25-/m0/s1. The molecule has 0 bridgehead atoms. The normalized spacial score (nSPS) is 11.5. The van der Waals surface area contributed by atoms with E-state index in [-0.39, 0.29) is 18.4 Å². The minimum Gasteiger partial charge on any atom is -0.484 e. The Bertz CT molecular complexity index is 1100. The fourth-order valence-electron chi connectivity index (χ4n) is 3.58. The highest BCUT2D eigenvalue weighted by atomic mass is 79.9. The van der Waals surface area contributed by atoms with Crippen LogP contribution in [0.4, 0.5) is 0 Å². The number of benzene rings is 3. The highest BCUT2D eigenvalue weighted by Gasteiger charge is 2.30. The zero-order valence-corrected chi connectivity index (χ0v) is 20.8. The first-order valence-electron chi connectivity index (χ1n) is 10.9. The Balaban J connectivity index is 1.87. The number of aryl methyl sites for hydroxylation is 2. The number of amides is 2. The lowest BCUT2D eigenvalue weighted by Crippen LogP contribution is -2.51. The summed E-state index contributed by atoms with van der Waals surface area (Å²) in [5.74, 6) is 0.166. The second kappa shape index (κ2) is 11.7. The van der Waals surface area contributed by atoms with Crippen LogP contribution in [0.5, 0.6) is 5.75 Å². The van der Waals surface area contributed by atoms with Crippen molar-refractivity contribution in [1.82, 2.24) is 10.2 Å². The molecule has 0 saturated heterocycles. The third-order valence-corrected chi connectivity index (χ3v) is 6.09. The molecule has 3 aromatic rings. The molecule has 5 nitrogen and oxygen atoms in total. The summed E-state index contributed by atoms with van der Waals surface area (Å²) in [6, 6.07) is 22.5. The van der Waals surface area contributed by atoms with Crippen LogP contribution >= 0.6 is 15.9 Å². The number of carbonyl (C=O) groups is 2. The van der Waals surface area contributed by atoms with Gasteiger partial charge in [0.15, 0.2) is 6.61 Å². The van der Waals surface area contributed by atoms with Gasteiger partial charge in [-0.25, -0.2) is 0 Å². The first kappa shape index (κ1) is 24.5. The van der Waals surface area contributed by atoms with E-state index in [2.05, 4.69) is 21.2 Å². The van der Waals surface area contributed by atoms with Crippen LogP contribution in [0.2, 0.25) is 0 Å². The van der Waals surface area contributed by atoms with Crippen molar-refractivity contribution < 1.29 is 14.3 Å². The number of ether oxygens (including phenoxy) is 1. The lowest BCUT2D eigenvalue weighted by Gasteiger charge is -2.31. The number of hydrogen-bond acceptors (Lipinski definition) is 3. The molecule has 1 atom stereocenters. The van der Waals surface area contributed by atoms with E-state index in [1.165, 1.54) is 0 Å². The summed E-state index contributed by atoms with van der Waals surface area (Å²) in [5.41, 5.74) is 4.16. The highest BCUT2D eigenvalue weighted by Crippen LogP contribution is 2.20. The van der Waals surface area contributed by atoms with E-state index in [9.17, 15) is 9.59 Å². The molecule has 0 fully saturated rings. The lowest BCUT2D eigenvalue weighted by atomic mass is 10.0. The van der Waals surface area contributed by atoms with Gasteiger partial charge in [0.2, 0.25) is 5.91 Å². The minimum absolute atomic E-state index is 0.154. The van der Waals surface area contributed by atoms with Gasteiger partial charge in [-0.05, 0) is 60.4 Å². The van der Waals surface area contributed by atoms with Crippen molar-refractivity contribution in [3.63, 3.8) is 0 Å². The summed E-state index contributed by atoms with van der Waals surface area (Å²) in [6.45, 7) is 4.17. The molecular weight excluding hydrogens is 480 g/mol. The first-order chi connectivity index (χ1) is 15.9. The Hall–Kier alpha value is -3.12. The van der Waals surface area contributed by atoms with Gasteiger partial charge in [0.1, 0.15) is 11.8 Å². The summed E-state index contributed by atoms with van der Waals surface area (Å²) >= 11 is 3.49. The van der Waals surface area contributed by atoms with Gasteiger partial charge in [0.25, 0.3) is 5.91 Å². The third kappa shape index (κ3) is 6.93. The smallest absolute Gasteiger partial charge is 0.261 e. The number of nitrogens with zero attached hydrogens (tertiary/aromatic N) is 1. The molecule has 0 aliphatic heterocycles. The van der Waals surface area contributed by atoms with E-state index in [0.29, 0.717) is 18.7 Å². The summed E-state index contributed by atoms with van der Waals surface area (Å²) < 4.78 is 6.74. The van der Waals surface area contributed by atoms with Crippen molar-refractivity contribution in [2.24, 2.45) is 0 Å². The van der Waals surface area contributed by atoms with Crippen LogP contribution in [-0.2, 0) is 22.6 Å². The van der Waals surface area contributed by atoms with Gasteiger partial charge in [-0.15, -0.1) is 0 Å². The van der Waals surface area contributed by atoms with Gasteiger partial charge in [-0.1, -0.05) is 64.5 Å². The van der Waals surface area contributed by atoms with Crippen LogP contribution in [0.1, 0.15) is 22.3 Å². The Kier molecular flexibility index (Phi) is 8.66. The number of likely N-dealkylation sites (N-methyl/N-ethyl adjacent to an activating group) is 1. The van der Waals surface area contributed by atoms with Crippen molar-refractivity contribution in [3.8, 4) is 5.75 Å². The van der Waals surface area contributed by atoms with Crippen molar-refractivity contribution in [1.29, 1.82) is 0 Å². The molecule has 0 saturated carbocycles. The predicted molar refractivity (Wildman–Crippen MR) is 134 cm³/mol. The van der Waals surface area contributed by atoms with Crippen LogP contribution in [0.25, 0.3) is 0 Å². The average molecular weight is 509 g/mol. The molecule has 3 aromatic carbocycles. The second-order valence-electron chi connectivity index (χ2n) is 8.01. The highest BCUT2D eigenvalue weighted by molar-refractivity contribution is 9.10. The van der Waals surface area contributed by atoms with Crippen LogP contribution in [0.3, 0.4) is 0 Å². The van der Waals surface area contributed by atoms with E-state index in [1.807, 2.05) is 86.6 Å². The van der Waals surface area contributed by atoms with Gasteiger partial charge in [-0.3, -0.25) is 9.59 Å². The summed E-state index contributed by atoms with van der Waals surface area (Å²) in [4.78, 5) is 27.9. The molecule has 33 heavy (non-hydrogen) atoms. The molecular formula is C27H29BrN2O3. The molecule has 0 aromatic heterocycles. The predicted octanol–water partition coefficient (Wildman–Crippen LogP) is 4.83. The maximum atomic E-state index is 13.4. The van der Waals surface area contributed by atoms with E-state index in [1.54, 1.807) is 11.9 Å². The van der Waals surface area contributed by atoms with Gasteiger partial charge < -0.3 is 15.0 Å². The quantitative estimate of drug-likeness (QED) is 0.450. The molecule has 1 N–H and O–H groups in total. The fraction of sp³-hybridized carbons (Fsp3) is 0.259. The zero-order chi connectivity index (χ0) is 23.8. The van der Waals surface area contributed by atoms with Crippen molar-refractivity contribution in [2.45, 2.75) is 32.9 Å². The van der Waals surface area contributed by atoms with Crippen LogP contribution in [0, 0.1) is 13.8 Å². The second-order valence-corrected chi connectivity index (χ2v) is 8.92. The minimum atomic E-state index is -0.674. The van der Waals surface area contributed by atoms with Crippen molar-refractivity contribution in [2.75, 3.05) is 13.7 Å². The fourth-order valence-corrected chi connectivity index (χ4v) is 4.03. The van der Waals surface area contributed by atoms with Crippen LogP contribution in [-0.4, -0.2) is 36.4 Å². The molecule has 3 rings (SSSR count). The van der Waals surface area contributed by atoms with E-state index >= 15 is 0 Å². The van der Waals surface area contributed by atoms with Gasteiger partial charge in [0, 0.05) is 24.5 Å². The first-order valence-corrected chi connectivity index (χ1v) is 11.7. The van der Waals surface area contributed by atoms with Gasteiger partial charge >= 0.3 is 0 Å². The van der Waals surface area contributed by atoms with Gasteiger partial charge in [0.05, 0.1) is 0 Å². The summed E-state index contributed by atoms with van der Waals surface area (Å²) in [5, 5.41) is 2.72. The molecule has 0 spiro atoms. The number of rotatable bonds is 9. The van der Waals surface area contributed by atoms with Crippen LogP contribution in [0.15, 0.2) is 77.3 Å². The number of halogens is 1. The van der Waals surface area contributed by atoms with Crippen molar-refractivity contribution in [3.05, 3.63) is 99.5 Å². The summed E-state index contributed by atoms with van der Waals surface area (Å²) in [6.07, 6.45) is 0.407. The number of carbonyl (C=O) groups excluding carboxylic acids is 2. The monoisotopic (exact) mass is 508 g/mol. The molecule has 172 valence electrons. The van der Waals surface area contributed by atoms with Crippen molar-refractivity contribution >= 4 is 27.7 Å². The molecule has 0 unspecified atom stereocenters. The van der Waals surface area contributed by atoms with E-state index < -0.39 is 6.04 Å². The Morgan fingerprint density at radius 1 is 0.939 bits per heavy atom. The maximum Gasteiger partial charge on any atom is 0.261 e. The maximum absolute atomic E-state index is 13.4. The van der Waals surface area contributed by atoms with Gasteiger partial charge in [-0.2, -0.15) is 0 Å². The zero-order valence-electron chi connectivity index (χ0n) is 19.2. The van der Waals surface area contributed by atoms with E-state index in [0.717, 1.165) is 26.7 Å². The van der Waals surface area contributed by atoms with E-state index in [4.69, 9.17) is 4.74 Å². The molecule has 0 aliphatic rings. The third-order valence-electron chi connectivity index (χ3n) is 5.60. The molecule has 0 aliphatic carbocycles. The largest absolute Gasteiger partial charge is 0.484 e. The topological polar surface area (TPSA) is 58.6 Å². The molecule has 0 heterocycles. The Morgan fingerprint density at radius 3 is 2.33 bits per heavy atom. The molecule has 6 heteroatoms. The lowest BCUT2D eigenvalue weighted by molar-refractivity contribution is -0.142. The summed E-state index contributed by atoms with van der Waals surface area (Å²) in [7, 11) is 1.59. The molecule has 0 radical (unpaired) electrons. The Morgan fingerprint density at radius 2 is 1.67 bits per heavy atom. The average Bonchev–Trinajstić information content (AvgIpc) is 2.82. The number of hydrogen-bond donors (Lipinski definition) is 1.